The van der Waals surface area contributed by atoms with Gasteiger partial charge >= 0.3 is 0 Å². The van der Waals surface area contributed by atoms with Crippen LogP contribution in [0.4, 0.5) is 0 Å². The molecule has 0 unspecified atom stereocenters. The molecule has 0 fully saturated rings. The van der Waals surface area contributed by atoms with Crippen molar-refractivity contribution in [3.8, 4) is 16.9 Å². The third-order valence-corrected chi connectivity index (χ3v) is 2.91. The van der Waals surface area contributed by atoms with Gasteiger partial charge in [0.05, 0.1) is 11.7 Å². The fourth-order valence-corrected chi connectivity index (χ4v) is 2.02. The molecular weight excluding hydrogens is 254 g/mol. The van der Waals surface area contributed by atoms with E-state index in [0.717, 1.165) is 11.3 Å². The summed E-state index contributed by atoms with van der Waals surface area (Å²) >= 11 is 0. The molecule has 0 saturated carbocycles. The molecule has 0 aliphatic heterocycles. The number of hydrogen-bond donors (Lipinski definition) is 0. The summed E-state index contributed by atoms with van der Waals surface area (Å²) in [5.74, 6) is -1.34. The largest absolute Gasteiger partial charge is 0.543 e. The smallest absolute Gasteiger partial charge is 0.136 e. The Bertz CT molecular complexity index is 736. The monoisotopic (exact) mass is 264 g/mol. The zero-order chi connectivity index (χ0) is 13.9. The van der Waals surface area contributed by atoms with Gasteiger partial charge in [0.25, 0.3) is 0 Å². The lowest BCUT2D eigenvalue weighted by atomic mass is 10.1. The van der Waals surface area contributed by atoms with Gasteiger partial charge in [-0.1, -0.05) is 53.7 Å². The van der Waals surface area contributed by atoms with Crippen molar-refractivity contribution >= 4 is 5.97 Å². The molecule has 0 aliphatic carbocycles. The lowest BCUT2D eigenvalue weighted by Gasteiger charge is -2.08. The van der Waals surface area contributed by atoms with Crippen LogP contribution in [0.3, 0.4) is 0 Å². The van der Waals surface area contributed by atoms with Gasteiger partial charge in [-0.15, -0.1) is 5.10 Å². The summed E-state index contributed by atoms with van der Waals surface area (Å²) in [4.78, 5) is 11.2. The molecule has 0 spiro atoms. The topological polar surface area (TPSA) is 70.8 Å². The van der Waals surface area contributed by atoms with Crippen molar-refractivity contribution in [2.24, 2.45) is 0 Å². The van der Waals surface area contributed by atoms with Crippen molar-refractivity contribution < 1.29 is 9.90 Å². The number of aromatic nitrogens is 3. The minimum absolute atomic E-state index is 0.167. The van der Waals surface area contributed by atoms with Crippen LogP contribution in [0.25, 0.3) is 16.9 Å². The summed E-state index contributed by atoms with van der Waals surface area (Å²) in [7, 11) is 0. The number of carbonyl (C=O) groups is 1. The van der Waals surface area contributed by atoms with Crippen LogP contribution in [0.5, 0.6) is 0 Å². The highest BCUT2D eigenvalue weighted by atomic mass is 16.4. The molecule has 5 nitrogen and oxygen atoms in total. The van der Waals surface area contributed by atoms with Gasteiger partial charge in [-0.25, -0.2) is 4.68 Å². The number of rotatable bonds is 3. The first-order valence-electron chi connectivity index (χ1n) is 6.05. The first-order valence-corrected chi connectivity index (χ1v) is 6.05. The average molecular weight is 264 g/mol. The second-order valence-electron chi connectivity index (χ2n) is 4.19. The van der Waals surface area contributed by atoms with Crippen molar-refractivity contribution in [2.75, 3.05) is 0 Å². The Kier molecular flexibility index (Phi) is 3.01. The molecule has 2 aromatic carbocycles. The van der Waals surface area contributed by atoms with Crippen LogP contribution in [0.15, 0.2) is 60.7 Å². The molecule has 0 saturated heterocycles. The summed E-state index contributed by atoms with van der Waals surface area (Å²) in [6.07, 6.45) is 0. The van der Waals surface area contributed by atoms with Crippen LogP contribution in [0, 0.1) is 0 Å². The van der Waals surface area contributed by atoms with Gasteiger partial charge in [0.15, 0.2) is 0 Å². The Hall–Kier alpha value is -2.95. The number of nitrogens with zero attached hydrogens (tertiary/aromatic N) is 3. The zero-order valence-electron chi connectivity index (χ0n) is 10.4. The van der Waals surface area contributed by atoms with Crippen LogP contribution in [0.2, 0.25) is 0 Å². The molecule has 98 valence electrons. The van der Waals surface area contributed by atoms with E-state index in [2.05, 4.69) is 10.3 Å². The third-order valence-electron chi connectivity index (χ3n) is 2.91. The maximum atomic E-state index is 11.2. The van der Waals surface area contributed by atoms with E-state index in [9.17, 15) is 9.90 Å². The van der Waals surface area contributed by atoms with E-state index in [4.69, 9.17) is 0 Å². The van der Waals surface area contributed by atoms with E-state index < -0.39 is 5.97 Å². The van der Waals surface area contributed by atoms with E-state index >= 15 is 0 Å². The number of benzene rings is 2. The maximum Gasteiger partial charge on any atom is 0.136 e. The summed E-state index contributed by atoms with van der Waals surface area (Å²) in [6.45, 7) is 0. The molecule has 1 aromatic heterocycles. The van der Waals surface area contributed by atoms with Gasteiger partial charge in [-0.05, 0) is 12.1 Å². The number of carboxylic acid groups (broad SMARTS) is 1. The zero-order valence-corrected chi connectivity index (χ0v) is 10.4. The van der Waals surface area contributed by atoms with Crippen molar-refractivity contribution in [2.45, 2.75) is 0 Å². The van der Waals surface area contributed by atoms with Crippen molar-refractivity contribution in [3.05, 3.63) is 66.4 Å². The van der Waals surface area contributed by atoms with Crippen molar-refractivity contribution in [1.82, 2.24) is 15.0 Å². The number of aromatic carboxylic acids is 1. The first kappa shape index (κ1) is 12.1. The number of carboxylic acids is 1. The van der Waals surface area contributed by atoms with Gasteiger partial charge in [-0.2, -0.15) is 0 Å². The standard InChI is InChI=1S/C15H11N3O2/c19-15(20)13-14(11-7-3-1-4-8-11)18(17-16-13)12-9-5-2-6-10-12/h1-10H,(H,19,20)/p-1. The highest BCUT2D eigenvalue weighted by molar-refractivity contribution is 5.91. The molecule has 3 aromatic rings. The van der Waals surface area contributed by atoms with Crippen LogP contribution in [-0.2, 0) is 0 Å². The van der Waals surface area contributed by atoms with Gasteiger partial charge < -0.3 is 9.90 Å². The second kappa shape index (κ2) is 4.97. The fraction of sp³-hybridized carbons (Fsp3) is 0. The number of carbonyl (C=O) groups excluding carboxylic acids is 1. The summed E-state index contributed by atoms with van der Waals surface area (Å²) < 4.78 is 1.50. The highest BCUT2D eigenvalue weighted by Gasteiger charge is 2.16. The lowest BCUT2D eigenvalue weighted by Crippen LogP contribution is -2.23. The van der Waals surface area contributed by atoms with Crippen LogP contribution >= 0.6 is 0 Å². The van der Waals surface area contributed by atoms with E-state index in [1.807, 2.05) is 60.7 Å². The second-order valence-corrected chi connectivity index (χ2v) is 4.19. The van der Waals surface area contributed by atoms with Crippen molar-refractivity contribution in [3.63, 3.8) is 0 Å². The Morgan fingerprint density at radius 3 is 2.15 bits per heavy atom. The maximum absolute atomic E-state index is 11.2. The number of para-hydroxylation sites is 1. The first-order chi connectivity index (χ1) is 9.77. The predicted molar refractivity (Wildman–Crippen MR) is 71.1 cm³/mol. The Morgan fingerprint density at radius 2 is 1.55 bits per heavy atom. The Labute approximate surface area is 115 Å². The summed E-state index contributed by atoms with van der Waals surface area (Å²) in [6, 6.07) is 18.4. The Balaban J connectivity index is 2.25. The minimum atomic E-state index is -1.34. The Morgan fingerprint density at radius 1 is 0.950 bits per heavy atom. The van der Waals surface area contributed by atoms with E-state index in [0.29, 0.717) is 5.69 Å². The fourth-order valence-electron chi connectivity index (χ4n) is 2.02. The SMILES string of the molecule is O=C([O-])c1nnn(-c2ccccc2)c1-c1ccccc1. The molecular formula is C15H10N3O2-. The molecule has 20 heavy (non-hydrogen) atoms. The minimum Gasteiger partial charge on any atom is -0.543 e. The van der Waals surface area contributed by atoms with E-state index in [1.54, 1.807) is 0 Å². The van der Waals surface area contributed by atoms with Gasteiger partial charge in [0, 0.05) is 5.56 Å². The van der Waals surface area contributed by atoms with Crippen LogP contribution in [0.1, 0.15) is 10.5 Å². The molecule has 0 radical (unpaired) electrons. The van der Waals surface area contributed by atoms with Gasteiger partial charge in [0.2, 0.25) is 0 Å². The van der Waals surface area contributed by atoms with E-state index in [1.165, 1.54) is 4.68 Å². The number of hydrogen-bond acceptors (Lipinski definition) is 4. The molecule has 0 amide bonds. The molecule has 1 heterocycles. The molecule has 5 heteroatoms. The molecule has 0 atom stereocenters. The molecule has 0 N–H and O–H groups in total. The van der Waals surface area contributed by atoms with Crippen LogP contribution < -0.4 is 5.11 Å². The molecule has 3 rings (SSSR count). The molecule has 0 bridgehead atoms. The van der Waals surface area contributed by atoms with Crippen LogP contribution in [-0.4, -0.2) is 21.0 Å². The van der Waals surface area contributed by atoms with Gasteiger partial charge in [0.1, 0.15) is 11.4 Å². The lowest BCUT2D eigenvalue weighted by molar-refractivity contribution is -0.255. The quantitative estimate of drug-likeness (QED) is 0.714. The highest BCUT2D eigenvalue weighted by Crippen LogP contribution is 2.24. The van der Waals surface area contributed by atoms with Crippen molar-refractivity contribution in [1.29, 1.82) is 0 Å². The predicted octanol–water partition coefficient (Wildman–Crippen LogP) is 1.30. The third kappa shape index (κ3) is 2.05. The summed E-state index contributed by atoms with van der Waals surface area (Å²) in [5.41, 5.74) is 1.71. The molecule has 0 aliphatic rings. The van der Waals surface area contributed by atoms with E-state index in [-0.39, 0.29) is 5.69 Å². The average Bonchev–Trinajstić information content (AvgIpc) is 2.94. The normalized spacial score (nSPS) is 10.4. The summed E-state index contributed by atoms with van der Waals surface area (Å²) in [5, 5.41) is 18.9. The van der Waals surface area contributed by atoms with Gasteiger partial charge in [-0.3, -0.25) is 0 Å².